The molecule has 3 rings (SSSR count). The fourth-order valence-electron chi connectivity index (χ4n) is 2.05. The monoisotopic (exact) mass is 228 g/mol. The van der Waals surface area contributed by atoms with E-state index < -0.39 is 0 Å². The zero-order valence-corrected chi connectivity index (χ0v) is 9.76. The van der Waals surface area contributed by atoms with E-state index in [1.807, 2.05) is 18.2 Å². The molecule has 0 N–H and O–H groups in total. The van der Waals surface area contributed by atoms with Gasteiger partial charge in [0, 0.05) is 5.39 Å². The van der Waals surface area contributed by atoms with Gasteiger partial charge in [-0.3, -0.25) is 0 Å². The lowest BCUT2D eigenvalue weighted by Crippen LogP contribution is -1.99. The first-order valence-electron chi connectivity index (χ1n) is 6.16. The highest BCUT2D eigenvalue weighted by atomic mass is 16.6. The van der Waals surface area contributed by atoms with Gasteiger partial charge >= 0.3 is 0 Å². The highest BCUT2D eigenvalue weighted by Gasteiger charge is 2.21. The highest BCUT2D eigenvalue weighted by Crippen LogP contribution is 2.25. The number of epoxide rings is 1. The van der Waals surface area contributed by atoms with Gasteiger partial charge < -0.3 is 9.47 Å². The molecule has 2 heteroatoms. The van der Waals surface area contributed by atoms with E-state index in [1.165, 1.54) is 10.8 Å². The normalized spacial score (nSPS) is 18.2. The fraction of sp³-hybridized carbons (Fsp3) is 0.333. The van der Waals surface area contributed by atoms with Gasteiger partial charge in [0.1, 0.15) is 5.75 Å². The zero-order chi connectivity index (χ0) is 11.5. The van der Waals surface area contributed by atoms with E-state index in [1.54, 1.807) is 0 Å². The average molecular weight is 228 g/mol. The summed E-state index contributed by atoms with van der Waals surface area (Å²) < 4.78 is 11.0. The number of hydrogen-bond acceptors (Lipinski definition) is 2. The van der Waals surface area contributed by atoms with Gasteiger partial charge in [-0.25, -0.2) is 0 Å². The molecular weight excluding hydrogens is 212 g/mol. The maximum atomic E-state index is 5.84. The molecule has 0 aliphatic carbocycles. The van der Waals surface area contributed by atoms with Crippen molar-refractivity contribution in [1.82, 2.24) is 0 Å². The van der Waals surface area contributed by atoms with Crippen LogP contribution in [-0.4, -0.2) is 19.3 Å². The summed E-state index contributed by atoms with van der Waals surface area (Å²) in [5.74, 6) is 0.986. The summed E-state index contributed by atoms with van der Waals surface area (Å²) in [5, 5.41) is 2.42. The summed E-state index contributed by atoms with van der Waals surface area (Å²) in [7, 11) is 0. The average Bonchev–Trinajstić information content (AvgIpc) is 3.19. The molecule has 1 unspecified atom stereocenters. The summed E-state index contributed by atoms with van der Waals surface area (Å²) >= 11 is 0. The third-order valence-corrected chi connectivity index (χ3v) is 3.08. The first-order valence-corrected chi connectivity index (χ1v) is 6.16. The molecule has 2 aromatic carbocycles. The first kappa shape index (κ1) is 10.6. The summed E-state index contributed by atoms with van der Waals surface area (Å²) in [6.45, 7) is 1.71. The number of hydrogen-bond donors (Lipinski definition) is 0. The van der Waals surface area contributed by atoms with E-state index in [0.717, 1.165) is 31.8 Å². The molecule has 1 heterocycles. The summed E-state index contributed by atoms with van der Waals surface area (Å²) in [5.41, 5.74) is 0. The third kappa shape index (κ3) is 2.59. The van der Waals surface area contributed by atoms with E-state index in [4.69, 9.17) is 9.47 Å². The molecule has 1 aliphatic rings. The number of ether oxygens (including phenoxy) is 2. The van der Waals surface area contributed by atoms with Gasteiger partial charge in [-0.1, -0.05) is 36.4 Å². The number of fused-ring (bicyclic) bond motifs is 1. The van der Waals surface area contributed by atoms with E-state index in [0.29, 0.717) is 6.10 Å². The quantitative estimate of drug-likeness (QED) is 0.578. The van der Waals surface area contributed by atoms with Crippen LogP contribution in [0.3, 0.4) is 0 Å². The lowest BCUT2D eigenvalue weighted by molar-refractivity contribution is 0.296. The van der Waals surface area contributed by atoms with E-state index in [9.17, 15) is 0 Å². The molecule has 1 fully saturated rings. The van der Waals surface area contributed by atoms with Crippen molar-refractivity contribution in [2.75, 3.05) is 13.2 Å². The molecule has 0 aromatic heterocycles. The molecule has 2 aromatic rings. The van der Waals surface area contributed by atoms with Crippen LogP contribution in [0.25, 0.3) is 10.8 Å². The molecule has 1 saturated heterocycles. The van der Waals surface area contributed by atoms with Crippen molar-refractivity contribution in [3.05, 3.63) is 42.5 Å². The van der Waals surface area contributed by atoms with Crippen molar-refractivity contribution in [2.24, 2.45) is 0 Å². The Bertz CT molecular complexity index is 498. The smallest absolute Gasteiger partial charge is 0.127 e. The molecular formula is C15H16O2. The van der Waals surface area contributed by atoms with Gasteiger partial charge in [-0.2, -0.15) is 0 Å². The van der Waals surface area contributed by atoms with Crippen LogP contribution in [-0.2, 0) is 4.74 Å². The molecule has 0 spiro atoms. The maximum absolute atomic E-state index is 5.84. The van der Waals surface area contributed by atoms with Crippen LogP contribution < -0.4 is 4.74 Å². The van der Waals surface area contributed by atoms with Gasteiger partial charge in [0.05, 0.1) is 19.3 Å². The topological polar surface area (TPSA) is 21.8 Å². The molecule has 2 nitrogen and oxygen atoms in total. The highest BCUT2D eigenvalue weighted by molar-refractivity contribution is 5.88. The lowest BCUT2D eigenvalue weighted by atomic mass is 10.1. The van der Waals surface area contributed by atoms with Crippen molar-refractivity contribution < 1.29 is 9.47 Å². The van der Waals surface area contributed by atoms with Crippen LogP contribution in [0.5, 0.6) is 5.75 Å². The Hall–Kier alpha value is -1.54. The van der Waals surface area contributed by atoms with Gasteiger partial charge in [0.15, 0.2) is 0 Å². The Labute approximate surface area is 101 Å². The number of rotatable bonds is 5. The van der Waals surface area contributed by atoms with Crippen molar-refractivity contribution in [3.63, 3.8) is 0 Å². The second kappa shape index (κ2) is 4.76. The van der Waals surface area contributed by atoms with Crippen LogP contribution in [0, 0.1) is 0 Å². The van der Waals surface area contributed by atoms with E-state index in [2.05, 4.69) is 24.3 Å². The van der Waals surface area contributed by atoms with Gasteiger partial charge in [0.25, 0.3) is 0 Å². The molecule has 17 heavy (non-hydrogen) atoms. The third-order valence-electron chi connectivity index (χ3n) is 3.08. The summed E-state index contributed by atoms with van der Waals surface area (Å²) in [4.78, 5) is 0. The summed E-state index contributed by atoms with van der Waals surface area (Å²) in [6.07, 6.45) is 2.68. The van der Waals surface area contributed by atoms with Gasteiger partial charge in [0.2, 0.25) is 0 Å². The van der Waals surface area contributed by atoms with Crippen LogP contribution in [0.2, 0.25) is 0 Å². The summed E-state index contributed by atoms with van der Waals surface area (Å²) in [6, 6.07) is 14.5. The van der Waals surface area contributed by atoms with Crippen LogP contribution in [0.15, 0.2) is 42.5 Å². The Morgan fingerprint density at radius 3 is 2.82 bits per heavy atom. The largest absolute Gasteiger partial charge is 0.493 e. The molecule has 0 amide bonds. The van der Waals surface area contributed by atoms with E-state index in [-0.39, 0.29) is 0 Å². The molecule has 1 aliphatic heterocycles. The van der Waals surface area contributed by atoms with Crippen LogP contribution in [0.4, 0.5) is 0 Å². The molecule has 88 valence electrons. The second-order valence-corrected chi connectivity index (χ2v) is 4.42. The predicted molar refractivity (Wildman–Crippen MR) is 68.4 cm³/mol. The second-order valence-electron chi connectivity index (χ2n) is 4.42. The standard InChI is InChI=1S/C15H16O2/c1-2-8-14-12(5-1)6-3-9-15(14)16-10-4-7-13-11-17-13/h1-3,5-6,8-9,13H,4,7,10-11H2. The Kier molecular flexibility index (Phi) is 2.97. The Balaban J connectivity index is 1.66. The molecule has 0 bridgehead atoms. The maximum Gasteiger partial charge on any atom is 0.127 e. The molecule has 1 atom stereocenters. The zero-order valence-electron chi connectivity index (χ0n) is 9.76. The van der Waals surface area contributed by atoms with Crippen LogP contribution in [0.1, 0.15) is 12.8 Å². The SMILES string of the molecule is c1ccc2c(OCCCC3CO3)cccc2c1. The predicted octanol–water partition coefficient (Wildman–Crippen LogP) is 3.40. The Morgan fingerprint density at radius 2 is 1.94 bits per heavy atom. The first-order chi connectivity index (χ1) is 8.43. The lowest BCUT2D eigenvalue weighted by Gasteiger charge is -2.08. The minimum Gasteiger partial charge on any atom is -0.493 e. The van der Waals surface area contributed by atoms with Gasteiger partial charge in [-0.05, 0) is 24.3 Å². The van der Waals surface area contributed by atoms with Crippen molar-refractivity contribution >= 4 is 10.8 Å². The number of benzene rings is 2. The minimum atomic E-state index is 0.506. The molecule has 0 radical (unpaired) electrons. The van der Waals surface area contributed by atoms with Gasteiger partial charge in [-0.15, -0.1) is 0 Å². The molecule has 0 saturated carbocycles. The van der Waals surface area contributed by atoms with Crippen molar-refractivity contribution in [3.8, 4) is 5.75 Å². The van der Waals surface area contributed by atoms with Crippen molar-refractivity contribution in [2.45, 2.75) is 18.9 Å². The van der Waals surface area contributed by atoms with Crippen LogP contribution >= 0.6 is 0 Å². The van der Waals surface area contributed by atoms with Crippen molar-refractivity contribution in [1.29, 1.82) is 0 Å². The Morgan fingerprint density at radius 1 is 1.12 bits per heavy atom. The van der Waals surface area contributed by atoms with E-state index >= 15 is 0 Å². The minimum absolute atomic E-state index is 0.506. The fourth-order valence-corrected chi connectivity index (χ4v) is 2.05.